The molecule has 0 fully saturated rings. The average molecular weight is 424 g/mol. The molecule has 0 spiro atoms. The topological polar surface area (TPSA) is 106 Å². The number of aromatic nitrogens is 2. The second-order valence-electron chi connectivity index (χ2n) is 5.60. The smallest absolute Gasteiger partial charge is 0.387 e. The third kappa shape index (κ3) is 4.90. The Kier molecular flexibility index (Phi) is 6.25. The van der Waals surface area contributed by atoms with Gasteiger partial charge in [0.25, 0.3) is 11.5 Å². The zero-order valence-electron chi connectivity index (χ0n) is 14.8. The summed E-state index contributed by atoms with van der Waals surface area (Å²) in [6.07, 6.45) is 0.968. The maximum absolute atomic E-state index is 12.6. The van der Waals surface area contributed by atoms with Gasteiger partial charge in [-0.05, 0) is 18.2 Å². The zero-order valence-corrected chi connectivity index (χ0v) is 14.8. The van der Waals surface area contributed by atoms with E-state index in [-0.39, 0.29) is 22.0 Å². The summed E-state index contributed by atoms with van der Waals surface area (Å²) in [6, 6.07) is 9.31. The Bertz CT molecular complexity index is 1150. The van der Waals surface area contributed by atoms with Crippen LogP contribution in [0.15, 0.2) is 52.4 Å². The molecule has 0 radical (unpaired) electrons. The molecule has 1 amide bonds. The van der Waals surface area contributed by atoms with Gasteiger partial charge in [-0.1, -0.05) is 18.2 Å². The van der Waals surface area contributed by atoms with E-state index in [4.69, 9.17) is 0 Å². The SMILES string of the molecule is O=C(N/N=C/c1ccc(OC(F)F)cc1OC(F)F)c1n[nH]c(=O)c2ccccc12. The molecule has 12 heteroatoms. The molecule has 1 aromatic heterocycles. The van der Waals surface area contributed by atoms with E-state index in [0.717, 1.165) is 24.4 Å². The maximum atomic E-state index is 12.6. The van der Waals surface area contributed by atoms with E-state index in [1.54, 1.807) is 12.1 Å². The van der Waals surface area contributed by atoms with Crippen molar-refractivity contribution in [2.24, 2.45) is 5.10 Å². The minimum absolute atomic E-state index is 0.0449. The molecule has 0 atom stereocenters. The van der Waals surface area contributed by atoms with Gasteiger partial charge in [-0.2, -0.15) is 27.8 Å². The van der Waals surface area contributed by atoms with E-state index in [9.17, 15) is 27.2 Å². The van der Waals surface area contributed by atoms with E-state index in [1.165, 1.54) is 12.1 Å². The number of hydrogen-bond acceptors (Lipinski definition) is 6. The van der Waals surface area contributed by atoms with Gasteiger partial charge in [-0.3, -0.25) is 9.59 Å². The van der Waals surface area contributed by atoms with Gasteiger partial charge < -0.3 is 9.47 Å². The molecule has 2 aromatic carbocycles. The Morgan fingerprint density at radius 2 is 1.77 bits per heavy atom. The van der Waals surface area contributed by atoms with Crippen LogP contribution < -0.4 is 20.5 Å². The number of carbonyl (C=O) groups is 1. The summed E-state index contributed by atoms with van der Waals surface area (Å²) in [4.78, 5) is 24.1. The van der Waals surface area contributed by atoms with Gasteiger partial charge in [0.15, 0.2) is 5.69 Å². The van der Waals surface area contributed by atoms with Crippen LogP contribution in [-0.4, -0.2) is 35.5 Å². The van der Waals surface area contributed by atoms with E-state index in [0.29, 0.717) is 0 Å². The first-order chi connectivity index (χ1) is 14.3. The molecular weight excluding hydrogens is 412 g/mol. The summed E-state index contributed by atoms with van der Waals surface area (Å²) in [5.41, 5.74) is 1.49. The number of rotatable bonds is 7. The van der Waals surface area contributed by atoms with Crippen molar-refractivity contribution in [3.63, 3.8) is 0 Å². The van der Waals surface area contributed by atoms with Crippen molar-refractivity contribution in [1.29, 1.82) is 0 Å². The lowest BCUT2D eigenvalue weighted by Gasteiger charge is -2.10. The number of halogens is 4. The highest BCUT2D eigenvalue weighted by Gasteiger charge is 2.15. The normalized spacial score (nSPS) is 11.4. The second kappa shape index (κ2) is 9.03. The van der Waals surface area contributed by atoms with Crippen molar-refractivity contribution in [3.05, 3.63) is 64.1 Å². The van der Waals surface area contributed by atoms with Crippen LogP contribution in [0.5, 0.6) is 11.5 Å². The monoisotopic (exact) mass is 424 g/mol. The summed E-state index contributed by atoms with van der Waals surface area (Å²) < 4.78 is 58.2. The van der Waals surface area contributed by atoms with Crippen molar-refractivity contribution < 1.29 is 31.8 Å². The van der Waals surface area contributed by atoms with Crippen LogP contribution in [0.3, 0.4) is 0 Å². The molecule has 0 saturated carbocycles. The van der Waals surface area contributed by atoms with Crippen LogP contribution in [0, 0.1) is 0 Å². The third-order valence-electron chi connectivity index (χ3n) is 3.71. The van der Waals surface area contributed by atoms with E-state index < -0.39 is 36.2 Å². The quantitative estimate of drug-likeness (QED) is 0.345. The van der Waals surface area contributed by atoms with Crippen molar-refractivity contribution in [1.82, 2.24) is 15.6 Å². The van der Waals surface area contributed by atoms with Gasteiger partial charge in [-0.25, -0.2) is 10.5 Å². The van der Waals surface area contributed by atoms with Gasteiger partial charge in [0, 0.05) is 17.0 Å². The molecule has 0 aliphatic carbocycles. The van der Waals surface area contributed by atoms with Crippen molar-refractivity contribution in [3.8, 4) is 11.5 Å². The molecule has 2 N–H and O–H groups in total. The fourth-order valence-electron chi connectivity index (χ4n) is 2.50. The van der Waals surface area contributed by atoms with E-state index >= 15 is 0 Å². The first-order valence-electron chi connectivity index (χ1n) is 8.19. The molecule has 8 nitrogen and oxygen atoms in total. The number of hydrogen-bond donors (Lipinski definition) is 2. The number of aromatic amines is 1. The molecule has 3 rings (SSSR count). The lowest BCUT2D eigenvalue weighted by Crippen LogP contribution is -2.22. The van der Waals surface area contributed by atoms with Gasteiger partial charge in [0.2, 0.25) is 0 Å². The highest BCUT2D eigenvalue weighted by molar-refractivity contribution is 6.04. The molecule has 3 aromatic rings. The lowest BCUT2D eigenvalue weighted by molar-refractivity contribution is -0.0543. The molecule has 156 valence electrons. The first-order valence-corrected chi connectivity index (χ1v) is 8.19. The van der Waals surface area contributed by atoms with Crippen molar-refractivity contribution >= 4 is 22.9 Å². The van der Waals surface area contributed by atoms with Crippen LogP contribution in [0.1, 0.15) is 16.1 Å². The summed E-state index contributed by atoms with van der Waals surface area (Å²) in [5, 5.41) is 10.0. The number of carbonyl (C=O) groups excluding carboxylic acids is 1. The molecular formula is C18H12F4N4O4. The summed E-state index contributed by atoms with van der Waals surface area (Å²) in [6.45, 7) is -6.38. The summed E-state index contributed by atoms with van der Waals surface area (Å²) in [5.74, 6) is -1.67. The van der Waals surface area contributed by atoms with Crippen LogP contribution >= 0.6 is 0 Å². The maximum Gasteiger partial charge on any atom is 0.387 e. The predicted molar refractivity (Wildman–Crippen MR) is 97.1 cm³/mol. The zero-order chi connectivity index (χ0) is 21.7. The van der Waals surface area contributed by atoms with Crippen LogP contribution in [0.25, 0.3) is 10.8 Å². The molecule has 30 heavy (non-hydrogen) atoms. The van der Waals surface area contributed by atoms with Gasteiger partial charge in [0.05, 0.1) is 11.6 Å². The third-order valence-corrected chi connectivity index (χ3v) is 3.71. The number of hydrazone groups is 1. The van der Waals surface area contributed by atoms with Gasteiger partial charge in [0.1, 0.15) is 11.5 Å². The largest absolute Gasteiger partial charge is 0.435 e. The second-order valence-corrected chi connectivity index (χ2v) is 5.60. The first kappa shape index (κ1) is 20.8. The molecule has 0 bridgehead atoms. The van der Waals surface area contributed by atoms with E-state index in [2.05, 4.69) is 30.2 Å². The molecule has 0 unspecified atom stereocenters. The average Bonchev–Trinajstić information content (AvgIpc) is 2.69. The Balaban J connectivity index is 1.82. The standard InChI is InChI=1S/C18H12F4N4O4/c19-17(20)29-10-6-5-9(13(7-10)30-18(21)22)8-23-25-16(28)14-11-3-1-2-4-12(11)15(27)26-24-14/h1-8,17-18H,(H,25,28)(H,26,27)/b23-8+. The fraction of sp³-hybridized carbons (Fsp3) is 0.111. The summed E-state index contributed by atoms with van der Waals surface area (Å²) >= 11 is 0. The lowest BCUT2D eigenvalue weighted by atomic mass is 10.1. The van der Waals surface area contributed by atoms with Gasteiger partial charge >= 0.3 is 13.2 Å². The number of fused-ring (bicyclic) bond motifs is 1. The highest BCUT2D eigenvalue weighted by atomic mass is 19.3. The molecule has 0 aliphatic heterocycles. The number of benzene rings is 2. The Hall–Kier alpha value is -3.96. The minimum Gasteiger partial charge on any atom is -0.435 e. The summed E-state index contributed by atoms with van der Waals surface area (Å²) in [7, 11) is 0. The Labute approximate surface area is 165 Å². The Morgan fingerprint density at radius 3 is 2.47 bits per heavy atom. The van der Waals surface area contributed by atoms with Crippen molar-refractivity contribution in [2.45, 2.75) is 13.2 Å². The molecule has 0 aliphatic rings. The number of H-pyrrole nitrogens is 1. The molecule has 1 heterocycles. The number of nitrogens with zero attached hydrogens (tertiary/aromatic N) is 2. The van der Waals surface area contributed by atoms with Crippen molar-refractivity contribution in [2.75, 3.05) is 0 Å². The predicted octanol–water partition coefficient (Wildman–Crippen LogP) is 2.89. The minimum atomic E-state index is -3.23. The van der Waals surface area contributed by atoms with Crippen LogP contribution in [0.2, 0.25) is 0 Å². The van der Waals surface area contributed by atoms with Crippen LogP contribution in [0.4, 0.5) is 17.6 Å². The van der Waals surface area contributed by atoms with E-state index in [1.807, 2.05) is 0 Å². The Morgan fingerprint density at radius 1 is 1.07 bits per heavy atom. The van der Waals surface area contributed by atoms with Crippen LogP contribution in [-0.2, 0) is 0 Å². The number of nitrogens with one attached hydrogen (secondary N) is 2. The fourth-order valence-corrected chi connectivity index (χ4v) is 2.50. The number of alkyl halides is 4. The molecule has 0 saturated heterocycles. The highest BCUT2D eigenvalue weighted by Crippen LogP contribution is 2.26. The number of ether oxygens (including phenoxy) is 2. The number of amides is 1. The van der Waals surface area contributed by atoms with Gasteiger partial charge in [-0.15, -0.1) is 0 Å².